The maximum atomic E-state index is 4.62. The van der Waals surface area contributed by atoms with Crippen LogP contribution in [0.5, 0.6) is 0 Å². The molecule has 1 aromatic heterocycles. The van der Waals surface area contributed by atoms with Gasteiger partial charge in [0.1, 0.15) is 0 Å². The number of para-hydroxylation sites is 2. The fraction of sp³-hybridized carbons (Fsp3) is 0.0417. The third-order valence-corrected chi connectivity index (χ3v) is 4.34. The maximum Gasteiger partial charge on any atom is 0.0705 e. The molecule has 1 heterocycles. The largest absolute Gasteiger partial charge is 0.311 e. The molecule has 0 bridgehead atoms. The summed E-state index contributed by atoms with van der Waals surface area (Å²) in [6.45, 7) is 2.02. The summed E-state index contributed by atoms with van der Waals surface area (Å²) in [6, 6.07) is 35.5. The smallest absolute Gasteiger partial charge is 0.0705 e. The molecular formula is C24H20N2. The van der Waals surface area contributed by atoms with Crippen LogP contribution >= 0.6 is 0 Å². The zero-order valence-electron chi connectivity index (χ0n) is 14.7. The van der Waals surface area contributed by atoms with Gasteiger partial charge in [-0.1, -0.05) is 54.6 Å². The van der Waals surface area contributed by atoms with Gasteiger partial charge in [-0.3, -0.25) is 4.98 Å². The van der Waals surface area contributed by atoms with Crippen LogP contribution in [0, 0.1) is 6.92 Å². The van der Waals surface area contributed by atoms with E-state index in [0.717, 1.165) is 34.0 Å². The predicted octanol–water partition coefficient (Wildman–Crippen LogP) is 6.53. The van der Waals surface area contributed by atoms with E-state index in [9.17, 15) is 0 Å². The number of aromatic nitrogens is 1. The van der Waals surface area contributed by atoms with Gasteiger partial charge in [0, 0.05) is 28.3 Å². The number of benzene rings is 3. The first-order valence-electron chi connectivity index (χ1n) is 8.75. The molecule has 0 atom stereocenters. The van der Waals surface area contributed by atoms with Gasteiger partial charge in [0.2, 0.25) is 0 Å². The van der Waals surface area contributed by atoms with Crippen molar-refractivity contribution in [1.29, 1.82) is 0 Å². The van der Waals surface area contributed by atoms with Crippen molar-refractivity contribution in [2.75, 3.05) is 4.90 Å². The minimum absolute atomic E-state index is 1.00. The summed E-state index contributed by atoms with van der Waals surface area (Å²) >= 11 is 0. The standard InChI is InChI=1S/C24H20N2/c1-19-9-8-14-24(25-19)20-15-17-23(18-16-20)26(21-10-4-2-5-11-21)22-12-6-3-7-13-22/h2-18H,1H3. The second-order valence-electron chi connectivity index (χ2n) is 6.22. The Morgan fingerprint density at radius 3 is 1.62 bits per heavy atom. The fourth-order valence-corrected chi connectivity index (χ4v) is 3.09. The highest BCUT2D eigenvalue weighted by Gasteiger charge is 2.11. The number of rotatable bonds is 4. The van der Waals surface area contributed by atoms with Crippen LogP contribution in [0.25, 0.3) is 11.3 Å². The Balaban J connectivity index is 1.75. The van der Waals surface area contributed by atoms with Crippen LogP contribution in [0.2, 0.25) is 0 Å². The zero-order chi connectivity index (χ0) is 17.8. The first-order chi connectivity index (χ1) is 12.8. The lowest BCUT2D eigenvalue weighted by Gasteiger charge is -2.25. The van der Waals surface area contributed by atoms with Gasteiger partial charge in [-0.25, -0.2) is 0 Å². The highest BCUT2D eigenvalue weighted by molar-refractivity contribution is 5.77. The molecule has 0 aliphatic heterocycles. The van der Waals surface area contributed by atoms with Gasteiger partial charge in [0.15, 0.2) is 0 Å². The van der Waals surface area contributed by atoms with E-state index < -0.39 is 0 Å². The molecule has 3 aromatic carbocycles. The summed E-state index contributed by atoms with van der Waals surface area (Å²) in [6.07, 6.45) is 0. The van der Waals surface area contributed by atoms with Crippen molar-refractivity contribution < 1.29 is 0 Å². The SMILES string of the molecule is Cc1cccc(-c2ccc(N(c3ccccc3)c3ccccc3)cc2)n1. The Morgan fingerprint density at radius 2 is 1.08 bits per heavy atom. The highest BCUT2D eigenvalue weighted by Crippen LogP contribution is 2.34. The van der Waals surface area contributed by atoms with Crippen LogP contribution in [0.1, 0.15) is 5.69 Å². The fourth-order valence-electron chi connectivity index (χ4n) is 3.09. The van der Waals surface area contributed by atoms with E-state index in [-0.39, 0.29) is 0 Å². The molecule has 0 amide bonds. The average molecular weight is 336 g/mol. The lowest BCUT2D eigenvalue weighted by atomic mass is 10.1. The maximum absolute atomic E-state index is 4.62. The Kier molecular flexibility index (Phi) is 4.48. The predicted molar refractivity (Wildman–Crippen MR) is 109 cm³/mol. The minimum Gasteiger partial charge on any atom is -0.311 e. The van der Waals surface area contributed by atoms with Crippen LogP contribution < -0.4 is 4.90 Å². The van der Waals surface area contributed by atoms with Crippen molar-refractivity contribution in [2.45, 2.75) is 6.92 Å². The first kappa shape index (κ1) is 16.1. The van der Waals surface area contributed by atoms with E-state index in [2.05, 4.69) is 82.7 Å². The van der Waals surface area contributed by atoms with Crippen molar-refractivity contribution in [2.24, 2.45) is 0 Å². The van der Waals surface area contributed by atoms with E-state index >= 15 is 0 Å². The van der Waals surface area contributed by atoms with Gasteiger partial charge < -0.3 is 4.90 Å². The third-order valence-electron chi connectivity index (χ3n) is 4.34. The number of nitrogens with zero attached hydrogens (tertiary/aromatic N) is 2. The summed E-state index contributed by atoms with van der Waals surface area (Å²) < 4.78 is 0. The molecule has 2 nitrogen and oxygen atoms in total. The van der Waals surface area contributed by atoms with Crippen LogP contribution in [-0.4, -0.2) is 4.98 Å². The van der Waals surface area contributed by atoms with Crippen LogP contribution in [-0.2, 0) is 0 Å². The normalized spacial score (nSPS) is 10.5. The molecule has 0 saturated carbocycles. The lowest BCUT2D eigenvalue weighted by molar-refractivity contribution is 1.20. The molecule has 0 spiro atoms. The molecule has 0 saturated heterocycles. The molecule has 126 valence electrons. The number of hydrogen-bond acceptors (Lipinski definition) is 2. The lowest BCUT2D eigenvalue weighted by Crippen LogP contribution is -2.09. The van der Waals surface area contributed by atoms with Gasteiger partial charge in [-0.2, -0.15) is 0 Å². The topological polar surface area (TPSA) is 16.1 Å². The van der Waals surface area contributed by atoms with E-state index in [1.54, 1.807) is 0 Å². The van der Waals surface area contributed by atoms with Gasteiger partial charge in [0.05, 0.1) is 5.69 Å². The molecule has 4 aromatic rings. The molecular weight excluding hydrogens is 316 g/mol. The van der Waals surface area contributed by atoms with Gasteiger partial charge in [-0.15, -0.1) is 0 Å². The summed E-state index contributed by atoms with van der Waals surface area (Å²) in [7, 11) is 0. The molecule has 0 radical (unpaired) electrons. The number of aryl methyl sites for hydroxylation is 1. The van der Waals surface area contributed by atoms with Crippen LogP contribution in [0.15, 0.2) is 103 Å². The molecule has 0 fully saturated rings. The number of anilines is 3. The molecule has 26 heavy (non-hydrogen) atoms. The Morgan fingerprint density at radius 1 is 0.538 bits per heavy atom. The van der Waals surface area contributed by atoms with Gasteiger partial charge in [0.25, 0.3) is 0 Å². The van der Waals surface area contributed by atoms with Gasteiger partial charge >= 0.3 is 0 Å². The monoisotopic (exact) mass is 336 g/mol. The third kappa shape index (κ3) is 3.35. The number of hydrogen-bond donors (Lipinski definition) is 0. The van der Waals surface area contributed by atoms with E-state index in [1.807, 2.05) is 37.3 Å². The molecule has 0 aliphatic rings. The average Bonchev–Trinajstić information content (AvgIpc) is 2.70. The van der Waals surface area contributed by atoms with E-state index in [4.69, 9.17) is 0 Å². The molecule has 0 N–H and O–H groups in total. The molecule has 4 rings (SSSR count). The summed E-state index contributed by atoms with van der Waals surface area (Å²) in [4.78, 5) is 6.88. The minimum atomic E-state index is 1.00. The summed E-state index contributed by atoms with van der Waals surface area (Å²) in [5, 5.41) is 0. The Hall–Kier alpha value is -3.39. The van der Waals surface area contributed by atoms with Crippen molar-refractivity contribution in [3.05, 3.63) is 109 Å². The Labute approximate surface area is 154 Å². The summed E-state index contributed by atoms with van der Waals surface area (Å²) in [5.74, 6) is 0. The van der Waals surface area contributed by atoms with Crippen LogP contribution in [0.3, 0.4) is 0 Å². The quantitative estimate of drug-likeness (QED) is 0.421. The second-order valence-corrected chi connectivity index (χ2v) is 6.22. The van der Waals surface area contributed by atoms with Crippen molar-refractivity contribution in [3.8, 4) is 11.3 Å². The molecule has 0 unspecified atom stereocenters. The van der Waals surface area contributed by atoms with Gasteiger partial charge in [-0.05, 0) is 55.5 Å². The summed E-state index contributed by atoms with van der Waals surface area (Å²) in [5.41, 5.74) is 6.56. The number of pyridine rings is 1. The highest BCUT2D eigenvalue weighted by atomic mass is 15.1. The Bertz CT molecular complexity index is 938. The zero-order valence-corrected chi connectivity index (χ0v) is 14.7. The van der Waals surface area contributed by atoms with Crippen molar-refractivity contribution in [1.82, 2.24) is 4.98 Å². The first-order valence-corrected chi connectivity index (χ1v) is 8.75. The van der Waals surface area contributed by atoms with E-state index in [0.29, 0.717) is 0 Å². The molecule has 2 heteroatoms. The second kappa shape index (κ2) is 7.24. The van der Waals surface area contributed by atoms with Crippen LogP contribution in [0.4, 0.5) is 17.1 Å². The van der Waals surface area contributed by atoms with Crippen molar-refractivity contribution >= 4 is 17.1 Å². The van der Waals surface area contributed by atoms with Crippen molar-refractivity contribution in [3.63, 3.8) is 0 Å². The molecule has 0 aliphatic carbocycles. The van der Waals surface area contributed by atoms with E-state index in [1.165, 1.54) is 0 Å².